The summed E-state index contributed by atoms with van der Waals surface area (Å²) < 4.78 is 38.5. The quantitative estimate of drug-likeness (QED) is 0.536. The van der Waals surface area contributed by atoms with Crippen LogP contribution in [0.15, 0.2) is 52.4 Å². The molecule has 0 spiro atoms. The SMILES string of the molecule is CN=C(NCCS(=O)(=O)c1ccccc1F)NC1CCN(c2cccc(C)n2)CC1. The van der Waals surface area contributed by atoms with Gasteiger partial charge in [0.05, 0.1) is 5.75 Å². The minimum atomic E-state index is -3.70. The van der Waals surface area contributed by atoms with Gasteiger partial charge in [0.1, 0.15) is 16.5 Å². The second kappa shape index (κ2) is 9.88. The second-order valence-electron chi connectivity index (χ2n) is 7.29. The zero-order valence-electron chi connectivity index (χ0n) is 17.3. The van der Waals surface area contributed by atoms with E-state index >= 15 is 0 Å². The Hall–Kier alpha value is -2.68. The van der Waals surface area contributed by atoms with E-state index in [9.17, 15) is 12.8 Å². The number of rotatable bonds is 6. The fraction of sp³-hybridized carbons (Fsp3) is 0.429. The second-order valence-corrected chi connectivity index (χ2v) is 9.37. The third-order valence-corrected chi connectivity index (χ3v) is 6.83. The highest BCUT2D eigenvalue weighted by atomic mass is 32.2. The third-order valence-electron chi connectivity index (χ3n) is 5.09. The van der Waals surface area contributed by atoms with Gasteiger partial charge >= 0.3 is 0 Å². The van der Waals surface area contributed by atoms with E-state index in [0.29, 0.717) is 5.96 Å². The predicted molar refractivity (Wildman–Crippen MR) is 117 cm³/mol. The normalized spacial score (nSPS) is 15.8. The lowest BCUT2D eigenvalue weighted by molar-refractivity contribution is 0.460. The Morgan fingerprint density at radius 3 is 2.60 bits per heavy atom. The zero-order chi connectivity index (χ0) is 21.6. The predicted octanol–water partition coefficient (Wildman–Crippen LogP) is 2.14. The number of aliphatic imine (C=N–C) groups is 1. The summed E-state index contributed by atoms with van der Waals surface area (Å²) in [4.78, 5) is 10.8. The molecule has 0 radical (unpaired) electrons. The first kappa shape index (κ1) is 22.0. The van der Waals surface area contributed by atoms with Crippen molar-refractivity contribution in [2.45, 2.75) is 30.7 Å². The molecule has 0 atom stereocenters. The van der Waals surface area contributed by atoms with Crippen LogP contribution in [0.3, 0.4) is 0 Å². The summed E-state index contributed by atoms with van der Waals surface area (Å²) in [5.41, 5.74) is 1.00. The van der Waals surface area contributed by atoms with Crippen molar-refractivity contribution in [2.75, 3.05) is 37.3 Å². The molecular weight excluding hydrogens is 405 g/mol. The van der Waals surface area contributed by atoms with E-state index in [1.54, 1.807) is 7.05 Å². The lowest BCUT2D eigenvalue weighted by Crippen LogP contribution is -2.49. The Balaban J connectivity index is 1.47. The Bertz CT molecular complexity index is 988. The van der Waals surface area contributed by atoms with Gasteiger partial charge in [0, 0.05) is 38.4 Å². The number of hydrogen-bond donors (Lipinski definition) is 2. The van der Waals surface area contributed by atoms with Gasteiger partial charge in [0.15, 0.2) is 15.8 Å². The van der Waals surface area contributed by atoms with Crippen molar-refractivity contribution < 1.29 is 12.8 Å². The number of halogens is 1. The van der Waals surface area contributed by atoms with Crippen LogP contribution in [-0.4, -0.2) is 57.8 Å². The molecular formula is C21H28FN5O2S. The Labute approximate surface area is 177 Å². The number of hydrogen-bond acceptors (Lipinski definition) is 5. The molecule has 2 N–H and O–H groups in total. The van der Waals surface area contributed by atoms with Crippen LogP contribution in [-0.2, 0) is 9.84 Å². The van der Waals surface area contributed by atoms with Gasteiger partial charge in [0.25, 0.3) is 0 Å². The largest absolute Gasteiger partial charge is 0.356 e. The fourth-order valence-electron chi connectivity index (χ4n) is 3.46. The van der Waals surface area contributed by atoms with Crippen LogP contribution in [0.1, 0.15) is 18.5 Å². The molecule has 0 amide bonds. The number of aromatic nitrogens is 1. The molecule has 0 unspecified atom stereocenters. The molecule has 2 aromatic rings. The van der Waals surface area contributed by atoms with E-state index in [2.05, 4.69) is 25.5 Å². The molecule has 1 aliphatic rings. The highest BCUT2D eigenvalue weighted by molar-refractivity contribution is 7.91. The van der Waals surface area contributed by atoms with Gasteiger partial charge in [-0.15, -0.1) is 0 Å². The number of piperidine rings is 1. The van der Waals surface area contributed by atoms with Crippen molar-refractivity contribution in [3.63, 3.8) is 0 Å². The van der Waals surface area contributed by atoms with Crippen LogP contribution < -0.4 is 15.5 Å². The fourth-order valence-corrected chi connectivity index (χ4v) is 4.70. The number of anilines is 1. The van der Waals surface area contributed by atoms with Crippen LogP contribution in [0.25, 0.3) is 0 Å². The van der Waals surface area contributed by atoms with Gasteiger partial charge in [-0.3, -0.25) is 4.99 Å². The Morgan fingerprint density at radius 1 is 1.20 bits per heavy atom. The van der Waals surface area contributed by atoms with Crippen molar-refractivity contribution in [1.29, 1.82) is 0 Å². The molecule has 1 aliphatic heterocycles. The van der Waals surface area contributed by atoms with Gasteiger partial charge in [-0.05, 0) is 44.0 Å². The molecule has 1 fully saturated rings. The summed E-state index contributed by atoms with van der Waals surface area (Å²) in [5.74, 6) is 0.599. The van der Waals surface area contributed by atoms with Crippen LogP contribution in [0.5, 0.6) is 0 Å². The van der Waals surface area contributed by atoms with Crippen molar-refractivity contribution in [2.24, 2.45) is 4.99 Å². The summed E-state index contributed by atoms with van der Waals surface area (Å²) in [6.07, 6.45) is 1.84. The number of nitrogens with zero attached hydrogens (tertiary/aromatic N) is 3. The Morgan fingerprint density at radius 2 is 1.93 bits per heavy atom. The van der Waals surface area contributed by atoms with Crippen molar-refractivity contribution in [3.05, 3.63) is 54.0 Å². The number of guanidine groups is 1. The number of pyridine rings is 1. The number of benzene rings is 1. The van der Waals surface area contributed by atoms with E-state index < -0.39 is 15.7 Å². The molecule has 1 aromatic heterocycles. The lowest BCUT2D eigenvalue weighted by atomic mass is 10.1. The molecule has 7 nitrogen and oxygen atoms in total. The van der Waals surface area contributed by atoms with Gasteiger partial charge < -0.3 is 15.5 Å². The first-order valence-electron chi connectivity index (χ1n) is 10.0. The van der Waals surface area contributed by atoms with Crippen LogP contribution in [0.4, 0.5) is 10.2 Å². The molecule has 1 aromatic carbocycles. The molecule has 30 heavy (non-hydrogen) atoms. The Kier molecular flexibility index (Phi) is 7.25. The van der Waals surface area contributed by atoms with Crippen LogP contribution >= 0.6 is 0 Å². The van der Waals surface area contributed by atoms with E-state index in [0.717, 1.165) is 43.5 Å². The van der Waals surface area contributed by atoms with Crippen LogP contribution in [0.2, 0.25) is 0 Å². The summed E-state index contributed by atoms with van der Waals surface area (Å²) in [6.45, 7) is 3.89. The maximum Gasteiger partial charge on any atom is 0.191 e. The van der Waals surface area contributed by atoms with Gasteiger partial charge in [-0.2, -0.15) is 0 Å². The van der Waals surface area contributed by atoms with Gasteiger partial charge in [-0.25, -0.2) is 17.8 Å². The highest BCUT2D eigenvalue weighted by Gasteiger charge is 2.22. The topological polar surface area (TPSA) is 86.7 Å². The number of aryl methyl sites for hydroxylation is 1. The molecule has 1 saturated heterocycles. The number of nitrogens with one attached hydrogen (secondary N) is 2. The van der Waals surface area contributed by atoms with Gasteiger partial charge in [-0.1, -0.05) is 18.2 Å². The smallest absolute Gasteiger partial charge is 0.191 e. The van der Waals surface area contributed by atoms with Crippen molar-refractivity contribution >= 4 is 21.6 Å². The molecule has 0 saturated carbocycles. The first-order chi connectivity index (χ1) is 14.4. The molecule has 0 aliphatic carbocycles. The first-order valence-corrected chi connectivity index (χ1v) is 11.7. The van der Waals surface area contributed by atoms with E-state index in [1.165, 1.54) is 18.2 Å². The van der Waals surface area contributed by atoms with Gasteiger partial charge in [0.2, 0.25) is 0 Å². The average molecular weight is 434 g/mol. The highest BCUT2D eigenvalue weighted by Crippen LogP contribution is 2.18. The molecule has 3 rings (SSSR count). The number of sulfone groups is 1. The van der Waals surface area contributed by atoms with E-state index in [-0.39, 0.29) is 23.2 Å². The molecule has 2 heterocycles. The maximum atomic E-state index is 13.8. The van der Waals surface area contributed by atoms with Crippen molar-refractivity contribution in [3.8, 4) is 0 Å². The zero-order valence-corrected chi connectivity index (χ0v) is 18.1. The minimum Gasteiger partial charge on any atom is -0.356 e. The summed E-state index contributed by atoms with van der Waals surface area (Å²) in [5, 5.41) is 6.37. The summed E-state index contributed by atoms with van der Waals surface area (Å²) >= 11 is 0. The van der Waals surface area contributed by atoms with E-state index in [1.807, 2.05) is 25.1 Å². The average Bonchev–Trinajstić information content (AvgIpc) is 2.73. The third kappa shape index (κ3) is 5.69. The monoisotopic (exact) mass is 433 g/mol. The van der Waals surface area contributed by atoms with Crippen molar-refractivity contribution in [1.82, 2.24) is 15.6 Å². The maximum absolute atomic E-state index is 13.8. The minimum absolute atomic E-state index is 0.141. The van der Waals surface area contributed by atoms with Crippen LogP contribution in [0, 0.1) is 12.7 Å². The lowest BCUT2D eigenvalue weighted by Gasteiger charge is -2.34. The molecule has 162 valence electrons. The molecule has 0 bridgehead atoms. The molecule has 9 heteroatoms. The van der Waals surface area contributed by atoms with E-state index in [4.69, 9.17) is 0 Å². The standard InChI is InChI=1S/C21H28FN5O2S/c1-16-6-5-9-20(25-16)27-13-10-17(11-14-27)26-21(23-2)24-12-15-30(28,29)19-8-4-3-7-18(19)22/h3-9,17H,10-15H2,1-2H3,(H2,23,24,26). The summed E-state index contributed by atoms with van der Waals surface area (Å²) in [7, 11) is -2.06. The summed E-state index contributed by atoms with van der Waals surface area (Å²) in [6, 6.07) is 11.7.